The van der Waals surface area contributed by atoms with Crippen molar-refractivity contribution in [3.05, 3.63) is 0 Å². The van der Waals surface area contributed by atoms with Gasteiger partial charge in [-0.3, -0.25) is 14.4 Å². The third-order valence-corrected chi connectivity index (χ3v) is 5.84. The van der Waals surface area contributed by atoms with Crippen molar-refractivity contribution >= 4 is 48.1 Å². The van der Waals surface area contributed by atoms with Crippen molar-refractivity contribution in [3.8, 4) is 0 Å². The van der Waals surface area contributed by atoms with E-state index in [-0.39, 0.29) is 17.6 Å². The Bertz CT molecular complexity index is 591. The number of nitrogens with two attached hydrogens (primary N) is 1. The molecule has 5 atom stereocenters. The summed E-state index contributed by atoms with van der Waals surface area (Å²) in [5.41, 5.74) is 5.67. The van der Waals surface area contributed by atoms with Gasteiger partial charge in [-0.15, -0.1) is 0 Å². The van der Waals surface area contributed by atoms with Crippen LogP contribution in [0.4, 0.5) is 0 Å². The zero-order valence-electron chi connectivity index (χ0n) is 18.3. The van der Waals surface area contributed by atoms with E-state index >= 15 is 0 Å². The lowest BCUT2D eigenvalue weighted by Gasteiger charge is -2.28. The third-order valence-electron chi connectivity index (χ3n) is 4.80. The molecule has 0 aromatic rings. The monoisotopic (exact) mass is 464 g/mol. The summed E-state index contributed by atoms with van der Waals surface area (Å²) >= 11 is 5.51. The van der Waals surface area contributed by atoms with Crippen LogP contribution in [-0.4, -0.2) is 70.7 Å². The van der Waals surface area contributed by atoms with Crippen LogP contribution >= 0.6 is 24.4 Å². The molecule has 30 heavy (non-hydrogen) atoms. The predicted molar refractivity (Wildman–Crippen MR) is 123 cm³/mol. The van der Waals surface area contributed by atoms with E-state index < -0.39 is 47.9 Å². The highest BCUT2D eigenvalue weighted by molar-refractivity contribution is 7.98. The zero-order valence-corrected chi connectivity index (χ0v) is 20.0. The molecule has 0 aliphatic carbocycles. The molecule has 0 aromatic heterocycles. The quantitative estimate of drug-likeness (QED) is 0.202. The molecule has 0 aliphatic rings. The second-order valence-electron chi connectivity index (χ2n) is 7.57. The molecular weight excluding hydrogens is 428 g/mol. The average molecular weight is 465 g/mol. The van der Waals surface area contributed by atoms with Crippen LogP contribution in [0, 0.1) is 11.8 Å². The molecule has 0 fully saturated rings. The molecule has 0 bridgehead atoms. The van der Waals surface area contributed by atoms with Gasteiger partial charge in [0.2, 0.25) is 17.7 Å². The molecule has 11 heteroatoms. The molecule has 0 aromatic carbocycles. The maximum atomic E-state index is 12.8. The molecule has 0 rings (SSSR count). The van der Waals surface area contributed by atoms with Crippen molar-refractivity contribution in [3.63, 3.8) is 0 Å². The highest BCUT2D eigenvalue weighted by Gasteiger charge is 2.33. The first-order valence-corrected chi connectivity index (χ1v) is 12.0. The number of carboxylic acids is 1. The Morgan fingerprint density at radius 3 is 2.00 bits per heavy atom. The molecule has 3 amide bonds. The topological polar surface area (TPSA) is 151 Å². The number of carboxylic acid groups (broad SMARTS) is 1. The standard InChI is InChI=1S/C19H36N4O5S2/c1-6-11(4)15(19(27)28)23-18(26)14(10(2)3)22-17(25)13(7-8-30-5)21-16(24)12(20)9-29/h10-15,29H,6-9,20H2,1-5H3,(H,21,24)(H,22,25)(H,23,26)(H,27,28). The Morgan fingerprint density at radius 1 is 1.00 bits per heavy atom. The van der Waals surface area contributed by atoms with Crippen LogP contribution in [0.3, 0.4) is 0 Å². The number of amides is 3. The van der Waals surface area contributed by atoms with Gasteiger partial charge in [0, 0.05) is 5.75 Å². The van der Waals surface area contributed by atoms with Crippen LogP contribution < -0.4 is 21.7 Å². The minimum absolute atomic E-state index is 0.131. The molecule has 0 spiro atoms. The van der Waals surface area contributed by atoms with E-state index in [1.807, 2.05) is 13.2 Å². The maximum Gasteiger partial charge on any atom is 0.326 e. The SMILES string of the molecule is CCC(C)C(NC(=O)C(NC(=O)C(CCSC)NC(=O)C(N)CS)C(C)C)C(=O)O. The Morgan fingerprint density at radius 2 is 1.57 bits per heavy atom. The van der Waals surface area contributed by atoms with Crippen LogP contribution in [0.5, 0.6) is 0 Å². The van der Waals surface area contributed by atoms with Crippen molar-refractivity contribution in [2.75, 3.05) is 17.8 Å². The summed E-state index contributed by atoms with van der Waals surface area (Å²) in [6, 6.07) is -3.72. The van der Waals surface area contributed by atoms with E-state index in [0.29, 0.717) is 18.6 Å². The van der Waals surface area contributed by atoms with Crippen LogP contribution in [0.15, 0.2) is 0 Å². The molecule has 0 heterocycles. The van der Waals surface area contributed by atoms with E-state index in [9.17, 15) is 24.3 Å². The fourth-order valence-corrected chi connectivity index (χ4v) is 3.22. The number of rotatable bonds is 14. The minimum Gasteiger partial charge on any atom is -0.480 e. The summed E-state index contributed by atoms with van der Waals surface area (Å²) < 4.78 is 0. The van der Waals surface area contributed by atoms with Gasteiger partial charge < -0.3 is 26.8 Å². The van der Waals surface area contributed by atoms with E-state index in [4.69, 9.17) is 5.73 Å². The highest BCUT2D eigenvalue weighted by Crippen LogP contribution is 2.11. The Kier molecular flexibility index (Phi) is 13.8. The van der Waals surface area contributed by atoms with Gasteiger partial charge in [-0.05, 0) is 30.3 Å². The van der Waals surface area contributed by atoms with Gasteiger partial charge in [-0.1, -0.05) is 34.1 Å². The number of carbonyl (C=O) groups is 4. The molecule has 0 radical (unpaired) electrons. The van der Waals surface area contributed by atoms with E-state index in [1.54, 1.807) is 20.8 Å². The molecule has 0 saturated heterocycles. The fourth-order valence-electron chi connectivity index (χ4n) is 2.58. The van der Waals surface area contributed by atoms with Gasteiger partial charge in [-0.2, -0.15) is 24.4 Å². The molecule has 9 nitrogen and oxygen atoms in total. The lowest BCUT2D eigenvalue weighted by molar-refractivity contribution is -0.144. The van der Waals surface area contributed by atoms with Gasteiger partial charge in [-0.25, -0.2) is 4.79 Å². The van der Waals surface area contributed by atoms with Crippen LogP contribution in [0.1, 0.15) is 40.5 Å². The second-order valence-corrected chi connectivity index (χ2v) is 8.92. The summed E-state index contributed by atoms with van der Waals surface area (Å²) in [4.78, 5) is 49.2. The lowest BCUT2D eigenvalue weighted by Crippen LogP contribution is -2.59. The number of carbonyl (C=O) groups excluding carboxylic acids is 3. The molecule has 5 unspecified atom stereocenters. The number of thiol groups is 1. The van der Waals surface area contributed by atoms with Crippen LogP contribution in [-0.2, 0) is 19.2 Å². The number of aliphatic carboxylic acids is 1. The first kappa shape index (κ1) is 28.5. The number of hydrogen-bond donors (Lipinski definition) is 6. The van der Waals surface area contributed by atoms with E-state index in [1.165, 1.54) is 11.8 Å². The van der Waals surface area contributed by atoms with Crippen LogP contribution in [0.25, 0.3) is 0 Å². The average Bonchev–Trinajstić information content (AvgIpc) is 2.70. The summed E-state index contributed by atoms with van der Waals surface area (Å²) in [5.74, 6) is -2.55. The summed E-state index contributed by atoms with van der Waals surface area (Å²) in [7, 11) is 0. The highest BCUT2D eigenvalue weighted by atomic mass is 32.2. The minimum atomic E-state index is -1.13. The normalized spacial score (nSPS) is 16.1. The first-order valence-electron chi connectivity index (χ1n) is 9.99. The fraction of sp³-hybridized carbons (Fsp3) is 0.789. The first-order chi connectivity index (χ1) is 14.0. The van der Waals surface area contributed by atoms with Crippen molar-refractivity contribution in [2.24, 2.45) is 17.6 Å². The van der Waals surface area contributed by atoms with Crippen molar-refractivity contribution in [1.29, 1.82) is 0 Å². The Balaban J connectivity index is 5.37. The second kappa shape index (κ2) is 14.5. The van der Waals surface area contributed by atoms with E-state index in [0.717, 1.165) is 0 Å². The summed E-state index contributed by atoms with van der Waals surface area (Å²) in [5, 5.41) is 17.2. The molecule has 0 aliphatic heterocycles. The molecule has 6 N–H and O–H groups in total. The predicted octanol–water partition coefficient (Wildman–Crippen LogP) is 0.238. The summed E-state index contributed by atoms with van der Waals surface area (Å²) in [6.07, 6.45) is 2.81. The zero-order chi connectivity index (χ0) is 23.4. The molecule has 174 valence electrons. The number of nitrogens with one attached hydrogen (secondary N) is 3. The molecule has 0 saturated carbocycles. The van der Waals surface area contributed by atoms with Crippen molar-refractivity contribution in [1.82, 2.24) is 16.0 Å². The molecular formula is C19H36N4O5S2. The van der Waals surface area contributed by atoms with Gasteiger partial charge in [0.15, 0.2) is 0 Å². The van der Waals surface area contributed by atoms with Crippen molar-refractivity contribution < 1.29 is 24.3 Å². The number of thioether (sulfide) groups is 1. The Labute approximate surface area is 188 Å². The Hall–Kier alpha value is -1.46. The largest absolute Gasteiger partial charge is 0.480 e. The van der Waals surface area contributed by atoms with Gasteiger partial charge in [0.1, 0.15) is 18.1 Å². The van der Waals surface area contributed by atoms with Gasteiger partial charge in [0.25, 0.3) is 0 Å². The smallest absolute Gasteiger partial charge is 0.326 e. The summed E-state index contributed by atoms with van der Waals surface area (Å²) in [6.45, 7) is 7.06. The van der Waals surface area contributed by atoms with Crippen molar-refractivity contribution in [2.45, 2.75) is 64.7 Å². The van der Waals surface area contributed by atoms with Gasteiger partial charge in [0.05, 0.1) is 6.04 Å². The number of hydrogen-bond acceptors (Lipinski definition) is 7. The van der Waals surface area contributed by atoms with Crippen LogP contribution in [0.2, 0.25) is 0 Å². The van der Waals surface area contributed by atoms with Gasteiger partial charge >= 0.3 is 5.97 Å². The lowest BCUT2D eigenvalue weighted by atomic mass is 9.97. The van der Waals surface area contributed by atoms with E-state index in [2.05, 4.69) is 28.6 Å². The third kappa shape index (κ3) is 9.57. The maximum absolute atomic E-state index is 12.8.